The molecule has 2 amide bonds. The molecule has 1 aliphatic carbocycles. The van der Waals surface area contributed by atoms with Crippen molar-refractivity contribution in [1.82, 2.24) is 10.6 Å². The number of aliphatic carboxylic acids is 2. The summed E-state index contributed by atoms with van der Waals surface area (Å²) in [5.74, 6) is -1.70. The lowest BCUT2D eigenvalue weighted by Crippen LogP contribution is -2.46. The van der Waals surface area contributed by atoms with Gasteiger partial charge in [-0.2, -0.15) is 0 Å². The maximum Gasteiger partial charge on any atom is 0.326 e. The Morgan fingerprint density at radius 2 is 1.90 bits per heavy atom. The summed E-state index contributed by atoms with van der Waals surface area (Å²) in [7, 11) is 0. The zero-order valence-electron chi connectivity index (χ0n) is 11.8. The lowest BCUT2D eigenvalue weighted by Gasteiger charge is -2.15. The molecule has 20 heavy (non-hydrogen) atoms. The molecule has 7 nitrogen and oxygen atoms in total. The third-order valence-electron chi connectivity index (χ3n) is 3.71. The van der Waals surface area contributed by atoms with Crippen LogP contribution in [-0.2, 0) is 9.59 Å². The van der Waals surface area contributed by atoms with Gasteiger partial charge in [0.2, 0.25) is 0 Å². The van der Waals surface area contributed by atoms with Crippen LogP contribution in [-0.4, -0.2) is 40.8 Å². The third-order valence-corrected chi connectivity index (χ3v) is 3.71. The highest BCUT2D eigenvalue weighted by Crippen LogP contribution is 2.50. The molecule has 0 saturated heterocycles. The number of carboxylic acids is 2. The molecule has 0 aromatic carbocycles. The summed E-state index contributed by atoms with van der Waals surface area (Å²) >= 11 is 0. The van der Waals surface area contributed by atoms with E-state index >= 15 is 0 Å². The van der Waals surface area contributed by atoms with Crippen LogP contribution in [0.15, 0.2) is 0 Å². The van der Waals surface area contributed by atoms with Gasteiger partial charge >= 0.3 is 18.0 Å². The van der Waals surface area contributed by atoms with Gasteiger partial charge in [0.25, 0.3) is 0 Å². The molecule has 0 spiro atoms. The highest BCUT2D eigenvalue weighted by atomic mass is 16.4. The number of hydrogen-bond acceptors (Lipinski definition) is 3. The maximum absolute atomic E-state index is 11.6. The Labute approximate surface area is 117 Å². The molecular weight excluding hydrogens is 264 g/mol. The fraction of sp³-hybridized carbons (Fsp3) is 0.769. The van der Waals surface area contributed by atoms with Crippen molar-refractivity contribution >= 4 is 18.0 Å². The van der Waals surface area contributed by atoms with Crippen LogP contribution in [0.25, 0.3) is 0 Å². The molecule has 7 heteroatoms. The predicted octanol–water partition coefficient (Wildman–Crippen LogP) is 1.04. The first kappa shape index (κ1) is 16.3. The Balaban J connectivity index is 2.27. The highest BCUT2D eigenvalue weighted by Gasteiger charge is 2.45. The second-order valence-corrected chi connectivity index (χ2v) is 5.92. The number of hydrogen-bond donors (Lipinski definition) is 4. The second kappa shape index (κ2) is 6.58. The van der Waals surface area contributed by atoms with Gasteiger partial charge in [0.05, 0.1) is 0 Å². The van der Waals surface area contributed by atoms with E-state index in [1.54, 1.807) is 0 Å². The molecule has 0 aromatic heterocycles. The Kier molecular flexibility index (Phi) is 5.35. The molecule has 2 atom stereocenters. The standard InChI is InChI=1S/C13H22N2O5/c1-13(2)6-8(13)7-14-12(20)15-9(11(18)19)4-3-5-10(16)17/h8-9H,3-7H2,1-2H3,(H,16,17)(H,18,19)(H2,14,15,20)/t8?,9-/m1/s1. The van der Waals surface area contributed by atoms with Gasteiger partial charge in [0.1, 0.15) is 6.04 Å². The Morgan fingerprint density at radius 1 is 1.30 bits per heavy atom. The molecule has 1 aliphatic rings. The van der Waals surface area contributed by atoms with E-state index in [2.05, 4.69) is 24.5 Å². The summed E-state index contributed by atoms with van der Waals surface area (Å²) in [5.41, 5.74) is 0.251. The van der Waals surface area contributed by atoms with Crippen LogP contribution < -0.4 is 10.6 Å². The summed E-state index contributed by atoms with van der Waals surface area (Å²) in [4.78, 5) is 32.9. The van der Waals surface area contributed by atoms with Crippen molar-refractivity contribution in [2.45, 2.75) is 45.6 Å². The third kappa shape index (κ3) is 5.46. The van der Waals surface area contributed by atoms with E-state index in [1.807, 2.05) is 0 Å². The van der Waals surface area contributed by atoms with E-state index in [0.717, 1.165) is 6.42 Å². The van der Waals surface area contributed by atoms with E-state index in [9.17, 15) is 14.4 Å². The fourth-order valence-electron chi connectivity index (χ4n) is 2.06. The van der Waals surface area contributed by atoms with Crippen molar-refractivity contribution in [3.05, 3.63) is 0 Å². The maximum atomic E-state index is 11.6. The molecule has 114 valence electrons. The number of amides is 2. The lowest BCUT2D eigenvalue weighted by molar-refractivity contribution is -0.140. The van der Waals surface area contributed by atoms with Crippen molar-refractivity contribution < 1.29 is 24.6 Å². The number of urea groups is 1. The molecule has 1 fully saturated rings. The predicted molar refractivity (Wildman–Crippen MR) is 71.3 cm³/mol. The first-order chi connectivity index (χ1) is 9.22. The minimum absolute atomic E-state index is 0.101. The van der Waals surface area contributed by atoms with Crippen molar-refractivity contribution in [1.29, 1.82) is 0 Å². The monoisotopic (exact) mass is 286 g/mol. The van der Waals surface area contributed by atoms with Crippen molar-refractivity contribution in [2.24, 2.45) is 11.3 Å². The van der Waals surface area contributed by atoms with Crippen LogP contribution in [0.1, 0.15) is 39.5 Å². The van der Waals surface area contributed by atoms with Gasteiger partial charge in [-0.1, -0.05) is 13.8 Å². The van der Waals surface area contributed by atoms with Crippen molar-refractivity contribution in [3.63, 3.8) is 0 Å². The van der Waals surface area contributed by atoms with Crippen LogP contribution in [0.4, 0.5) is 4.79 Å². The molecule has 1 unspecified atom stereocenters. The van der Waals surface area contributed by atoms with Crippen LogP contribution >= 0.6 is 0 Å². The number of nitrogens with one attached hydrogen (secondary N) is 2. The topological polar surface area (TPSA) is 116 Å². The molecular formula is C13H22N2O5. The van der Waals surface area contributed by atoms with Gasteiger partial charge in [-0.05, 0) is 30.6 Å². The van der Waals surface area contributed by atoms with Crippen LogP contribution in [0.3, 0.4) is 0 Å². The van der Waals surface area contributed by atoms with E-state index in [4.69, 9.17) is 10.2 Å². The molecule has 0 radical (unpaired) electrons. The van der Waals surface area contributed by atoms with Crippen molar-refractivity contribution in [2.75, 3.05) is 6.54 Å². The lowest BCUT2D eigenvalue weighted by atomic mass is 10.1. The van der Waals surface area contributed by atoms with E-state index < -0.39 is 24.0 Å². The Hall–Kier alpha value is -1.79. The van der Waals surface area contributed by atoms with Gasteiger partial charge in [0.15, 0.2) is 0 Å². The Bertz CT molecular complexity index is 394. The van der Waals surface area contributed by atoms with Crippen LogP contribution in [0, 0.1) is 11.3 Å². The smallest absolute Gasteiger partial charge is 0.326 e. The molecule has 1 saturated carbocycles. The molecule has 0 aliphatic heterocycles. The average Bonchev–Trinajstić information content (AvgIpc) is 2.92. The molecule has 0 heterocycles. The van der Waals surface area contributed by atoms with Gasteiger partial charge in [-0.25, -0.2) is 9.59 Å². The number of rotatable bonds is 8. The van der Waals surface area contributed by atoms with Gasteiger partial charge < -0.3 is 20.8 Å². The normalized spacial score (nSPS) is 20.8. The zero-order valence-corrected chi connectivity index (χ0v) is 11.8. The number of carbonyl (C=O) groups excluding carboxylic acids is 1. The van der Waals surface area contributed by atoms with E-state index in [0.29, 0.717) is 12.5 Å². The average molecular weight is 286 g/mol. The summed E-state index contributed by atoms with van der Waals surface area (Å²) in [6.07, 6.45) is 1.25. The first-order valence-corrected chi connectivity index (χ1v) is 6.71. The summed E-state index contributed by atoms with van der Waals surface area (Å²) in [6.45, 7) is 4.76. The van der Waals surface area contributed by atoms with E-state index in [-0.39, 0.29) is 24.7 Å². The van der Waals surface area contributed by atoms with E-state index in [1.165, 1.54) is 0 Å². The first-order valence-electron chi connectivity index (χ1n) is 6.71. The largest absolute Gasteiger partial charge is 0.481 e. The fourth-order valence-corrected chi connectivity index (χ4v) is 2.06. The second-order valence-electron chi connectivity index (χ2n) is 5.92. The van der Waals surface area contributed by atoms with Crippen LogP contribution in [0.2, 0.25) is 0 Å². The summed E-state index contributed by atoms with van der Waals surface area (Å²) in [5, 5.41) is 22.5. The van der Waals surface area contributed by atoms with Crippen molar-refractivity contribution in [3.8, 4) is 0 Å². The Morgan fingerprint density at radius 3 is 2.35 bits per heavy atom. The molecule has 4 N–H and O–H groups in total. The van der Waals surface area contributed by atoms with Gasteiger partial charge in [0, 0.05) is 13.0 Å². The van der Waals surface area contributed by atoms with Gasteiger partial charge in [-0.15, -0.1) is 0 Å². The molecule has 0 bridgehead atoms. The minimum atomic E-state index is -1.16. The summed E-state index contributed by atoms with van der Waals surface area (Å²) in [6, 6.07) is -1.57. The molecule has 0 aromatic rings. The SMILES string of the molecule is CC1(C)CC1CNC(=O)N[C@H](CCCC(=O)O)C(=O)O. The highest BCUT2D eigenvalue weighted by molar-refractivity contribution is 5.82. The number of carbonyl (C=O) groups is 3. The zero-order chi connectivity index (χ0) is 15.3. The van der Waals surface area contributed by atoms with Gasteiger partial charge in [-0.3, -0.25) is 4.79 Å². The van der Waals surface area contributed by atoms with Crippen LogP contribution in [0.5, 0.6) is 0 Å². The minimum Gasteiger partial charge on any atom is -0.481 e. The quantitative estimate of drug-likeness (QED) is 0.532. The summed E-state index contributed by atoms with van der Waals surface area (Å²) < 4.78 is 0. The number of carboxylic acid groups (broad SMARTS) is 2. The molecule has 1 rings (SSSR count).